The highest BCUT2D eigenvalue weighted by molar-refractivity contribution is 9.10. The topological polar surface area (TPSA) is 67.6 Å². The Morgan fingerprint density at radius 3 is 2.75 bits per heavy atom. The van der Waals surface area contributed by atoms with E-state index in [1.807, 2.05) is 20.0 Å². The summed E-state index contributed by atoms with van der Waals surface area (Å²) in [6.07, 6.45) is 0. The number of likely N-dealkylation sites (N-methyl/N-ethyl adjacent to an activating group) is 2. The number of carbonyl (C=O) groups excluding carboxylic acids is 1. The zero-order valence-electron chi connectivity index (χ0n) is 13.8. The molecule has 0 atom stereocenters. The molecule has 1 amide bonds. The fourth-order valence-corrected chi connectivity index (χ4v) is 2.48. The third-order valence-electron chi connectivity index (χ3n) is 3.28. The van der Waals surface area contributed by atoms with Gasteiger partial charge < -0.3 is 19.5 Å². The summed E-state index contributed by atoms with van der Waals surface area (Å²) in [5, 5.41) is 6.90. The van der Waals surface area contributed by atoms with Gasteiger partial charge in [0.2, 0.25) is 0 Å². The molecule has 0 spiro atoms. The first-order chi connectivity index (χ1) is 11.0. The van der Waals surface area contributed by atoms with Crippen molar-refractivity contribution in [2.24, 2.45) is 0 Å². The van der Waals surface area contributed by atoms with Crippen LogP contribution in [0.5, 0.6) is 5.75 Å². The lowest BCUT2D eigenvalue weighted by atomic mass is 10.2. The van der Waals surface area contributed by atoms with Crippen LogP contribution in [0.3, 0.4) is 0 Å². The number of ether oxygens (including phenoxy) is 1. The molecule has 0 aliphatic heterocycles. The molecule has 1 aromatic heterocycles. The highest BCUT2D eigenvalue weighted by Crippen LogP contribution is 2.27. The van der Waals surface area contributed by atoms with Gasteiger partial charge in [0, 0.05) is 31.8 Å². The largest absolute Gasteiger partial charge is 0.486 e. The van der Waals surface area contributed by atoms with E-state index < -0.39 is 0 Å². The molecule has 0 saturated carbocycles. The number of rotatable bonds is 7. The van der Waals surface area contributed by atoms with E-state index >= 15 is 0 Å². The maximum absolute atomic E-state index is 12.3. The molecule has 0 aliphatic carbocycles. The second-order valence-electron chi connectivity index (χ2n) is 5.19. The van der Waals surface area contributed by atoms with Gasteiger partial charge in [-0.25, -0.2) is 0 Å². The number of hydrogen-bond donors (Lipinski definition) is 1. The number of halogens is 2. The molecule has 8 heteroatoms. The Hall–Kier alpha value is -1.57. The lowest BCUT2D eigenvalue weighted by Crippen LogP contribution is -2.32. The molecule has 0 saturated heterocycles. The minimum absolute atomic E-state index is 0. The molecule has 1 heterocycles. The van der Waals surface area contributed by atoms with Crippen molar-refractivity contribution >= 4 is 34.2 Å². The van der Waals surface area contributed by atoms with Crippen LogP contribution in [0.4, 0.5) is 0 Å². The smallest absolute Gasteiger partial charge is 0.253 e. The lowest BCUT2D eigenvalue weighted by molar-refractivity contribution is 0.0796. The van der Waals surface area contributed by atoms with Crippen molar-refractivity contribution in [2.75, 3.05) is 27.2 Å². The minimum Gasteiger partial charge on any atom is -0.486 e. The summed E-state index contributed by atoms with van der Waals surface area (Å²) in [6, 6.07) is 7.12. The molecule has 0 bridgehead atoms. The van der Waals surface area contributed by atoms with Gasteiger partial charge in [0.15, 0.2) is 0 Å². The zero-order valence-corrected chi connectivity index (χ0v) is 16.2. The summed E-state index contributed by atoms with van der Waals surface area (Å²) >= 11 is 3.44. The first kappa shape index (κ1) is 20.5. The Bertz CT molecular complexity index is 678. The van der Waals surface area contributed by atoms with Crippen LogP contribution >= 0.6 is 28.3 Å². The molecule has 1 N–H and O–H groups in total. The van der Waals surface area contributed by atoms with Crippen LogP contribution in [-0.4, -0.2) is 43.1 Å². The fourth-order valence-electron chi connectivity index (χ4n) is 1.99. The van der Waals surface area contributed by atoms with Crippen LogP contribution < -0.4 is 10.1 Å². The van der Waals surface area contributed by atoms with Crippen LogP contribution in [0.1, 0.15) is 21.8 Å². The lowest BCUT2D eigenvalue weighted by Gasteiger charge is -2.17. The summed E-state index contributed by atoms with van der Waals surface area (Å²) in [7, 11) is 3.64. The average molecular weight is 419 g/mol. The Kier molecular flexibility index (Phi) is 8.24. The zero-order chi connectivity index (χ0) is 16.8. The first-order valence-corrected chi connectivity index (χ1v) is 8.05. The van der Waals surface area contributed by atoms with E-state index in [0.717, 1.165) is 22.5 Å². The Labute approximate surface area is 156 Å². The molecular weight excluding hydrogens is 398 g/mol. The summed E-state index contributed by atoms with van der Waals surface area (Å²) in [5.41, 5.74) is 1.33. The van der Waals surface area contributed by atoms with Gasteiger partial charge in [-0.1, -0.05) is 5.16 Å². The SMILES string of the molecule is CNCCN(C)C(=O)c1ccc(OCc2cc(C)on2)c(Br)c1.Cl. The van der Waals surface area contributed by atoms with Crippen LogP contribution in [0.25, 0.3) is 0 Å². The molecule has 1 aromatic carbocycles. The third-order valence-corrected chi connectivity index (χ3v) is 3.89. The number of nitrogens with zero attached hydrogens (tertiary/aromatic N) is 2. The van der Waals surface area contributed by atoms with Gasteiger partial charge in [-0.05, 0) is 48.1 Å². The molecule has 132 valence electrons. The van der Waals surface area contributed by atoms with Gasteiger partial charge >= 0.3 is 0 Å². The number of nitrogens with one attached hydrogen (secondary N) is 1. The van der Waals surface area contributed by atoms with Crippen LogP contribution in [-0.2, 0) is 6.61 Å². The van der Waals surface area contributed by atoms with Crippen LogP contribution in [0.15, 0.2) is 33.3 Å². The van der Waals surface area contributed by atoms with Gasteiger partial charge in [0.1, 0.15) is 23.8 Å². The first-order valence-electron chi connectivity index (χ1n) is 7.26. The monoisotopic (exact) mass is 417 g/mol. The average Bonchev–Trinajstić information content (AvgIpc) is 2.96. The number of aryl methyl sites for hydroxylation is 1. The molecule has 0 unspecified atom stereocenters. The molecule has 0 aliphatic rings. The van der Waals surface area contributed by atoms with Crippen molar-refractivity contribution in [1.82, 2.24) is 15.4 Å². The maximum Gasteiger partial charge on any atom is 0.253 e. The molecule has 24 heavy (non-hydrogen) atoms. The normalized spacial score (nSPS) is 10.2. The summed E-state index contributed by atoms with van der Waals surface area (Å²) in [6.45, 7) is 3.54. The van der Waals surface area contributed by atoms with Crippen molar-refractivity contribution in [3.8, 4) is 5.75 Å². The highest BCUT2D eigenvalue weighted by Gasteiger charge is 2.13. The van der Waals surface area contributed by atoms with Crippen molar-refractivity contribution in [2.45, 2.75) is 13.5 Å². The molecule has 0 radical (unpaired) electrons. The van der Waals surface area contributed by atoms with Gasteiger partial charge in [0.05, 0.1) is 4.47 Å². The summed E-state index contributed by atoms with van der Waals surface area (Å²) in [4.78, 5) is 14.0. The van der Waals surface area contributed by atoms with Crippen molar-refractivity contribution in [3.05, 3.63) is 45.8 Å². The highest BCUT2D eigenvalue weighted by atomic mass is 79.9. The van der Waals surface area contributed by atoms with E-state index in [9.17, 15) is 4.79 Å². The van der Waals surface area contributed by atoms with Crippen molar-refractivity contribution < 1.29 is 14.1 Å². The molecule has 2 aromatic rings. The number of aromatic nitrogens is 1. The van der Waals surface area contributed by atoms with Gasteiger partial charge in [-0.15, -0.1) is 12.4 Å². The van der Waals surface area contributed by atoms with E-state index in [1.165, 1.54) is 0 Å². The summed E-state index contributed by atoms with van der Waals surface area (Å²) < 4.78 is 11.4. The molecule has 2 rings (SSSR count). The van der Waals surface area contributed by atoms with E-state index in [-0.39, 0.29) is 18.3 Å². The van der Waals surface area contributed by atoms with E-state index in [2.05, 4.69) is 26.4 Å². The van der Waals surface area contributed by atoms with E-state index in [4.69, 9.17) is 9.26 Å². The second kappa shape index (κ2) is 9.66. The summed E-state index contributed by atoms with van der Waals surface area (Å²) in [5.74, 6) is 1.37. The third kappa shape index (κ3) is 5.51. The minimum atomic E-state index is -0.0281. The maximum atomic E-state index is 12.3. The van der Waals surface area contributed by atoms with Crippen molar-refractivity contribution in [3.63, 3.8) is 0 Å². The second-order valence-corrected chi connectivity index (χ2v) is 6.05. The Morgan fingerprint density at radius 1 is 1.42 bits per heavy atom. The van der Waals surface area contributed by atoms with E-state index in [1.54, 1.807) is 30.1 Å². The number of benzene rings is 1. The predicted molar refractivity (Wildman–Crippen MR) is 97.8 cm³/mol. The molecule has 6 nitrogen and oxygen atoms in total. The number of hydrogen-bond acceptors (Lipinski definition) is 5. The standard InChI is InChI=1S/C16H20BrN3O3.ClH/c1-11-8-13(19-23-11)10-22-15-5-4-12(9-14(15)17)16(21)20(3)7-6-18-2;/h4-5,8-9,18H,6-7,10H2,1-3H3;1H. The van der Waals surface area contributed by atoms with Gasteiger partial charge in [0.25, 0.3) is 5.91 Å². The number of carbonyl (C=O) groups is 1. The number of amides is 1. The fraction of sp³-hybridized carbons (Fsp3) is 0.375. The Balaban J connectivity index is 0.00000288. The quantitative estimate of drug-likeness (QED) is 0.748. The molecular formula is C16H21BrClN3O3. The van der Waals surface area contributed by atoms with E-state index in [0.29, 0.717) is 24.5 Å². The predicted octanol–water partition coefficient (Wildman–Crippen LogP) is 3.04. The Morgan fingerprint density at radius 2 is 2.17 bits per heavy atom. The molecule has 0 fully saturated rings. The van der Waals surface area contributed by atoms with Crippen LogP contribution in [0.2, 0.25) is 0 Å². The van der Waals surface area contributed by atoms with Gasteiger partial charge in [-0.2, -0.15) is 0 Å². The van der Waals surface area contributed by atoms with Crippen LogP contribution in [0, 0.1) is 6.92 Å². The van der Waals surface area contributed by atoms with Gasteiger partial charge in [-0.3, -0.25) is 4.79 Å². The van der Waals surface area contributed by atoms with Crippen molar-refractivity contribution in [1.29, 1.82) is 0 Å².